The molecule has 0 atom stereocenters. The maximum atomic E-state index is 6.86. The van der Waals surface area contributed by atoms with Crippen molar-refractivity contribution in [1.82, 2.24) is 0 Å². The molecule has 0 heterocycles. The van der Waals surface area contributed by atoms with E-state index >= 15 is 0 Å². The largest absolute Gasteiger partial charge is 0.489 e. The van der Waals surface area contributed by atoms with Gasteiger partial charge in [-0.3, -0.25) is 0 Å². The number of hydrogen-bond acceptors (Lipinski definition) is 8. The molecule has 2 aliphatic carbocycles. The van der Waals surface area contributed by atoms with E-state index in [9.17, 15) is 0 Å². The normalized spacial score (nSPS) is 12.4. The molecule has 0 unspecified atom stereocenters. The first-order chi connectivity index (χ1) is 61.4. The van der Waals surface area contributed by atoms with Crippen LogP contribution in [0.25, 0.3) is 45.5 Å². The summed E-state index contributed by atoms with van der Waals surface area (Å²) in [5, 5.41) is 0. The fourth-order valence-electron chi connectivity index (χ4n) is 18.8. The third-order valence-corrected chi connectivity index (χ3v) is 25.6. The summed E-state index contributed by atoms with van der Waals surface area (Å²) in [7, 11) is 0. The highest BCUT2D eigenvalue weighted by molar-refractivity contribution is 5.88. The fourth-order valence-corrected chi connectivity index (χ4v) is 18.8. The van der Waals surface area contributed by atoms with Crippen LogP contribution < -0.4 is 37.9 Å². The molecule has 622 valence electrons. The molecule has 16 aromatic carbocycles. The van der Waals surface area contributed by atoms with E-state index in [2.05, 4.69) is 410 Å². The van der Waals surface area contributed by atoms with Crippen LogP contribution in [0.3, 0.4) is 0 Å². The van der Waals surface area contributed by atoms with Crippen molar-refractivity contribution in [3.8, 4) is 90.9 Å². The first-order valence-corrected chi connectivity index (χ1v) is 43.4. The number of fused-ring (bicyclic) bond motifs is 6. The molecule has 8 heteroatoms. The Labute approximate surface area is 741 Å². The van der Waals surface area contributed by atoms with Gasteiger partial charge < -0.3 is 37.9 Å². The molecule has 0 bridgehead atoms. The second-order valence-corrected chi connectivity index (χ2v) is 33.7. The van der Waals surface area contributed by atoms with E-state index in [0.29, 0.717) is 39.6 Å². The summed E-state index contributed by atoms with van der Waals surface area (Å²) in [6.07, 6.45) is 3.71. The highest BCUT2D eigenvalue weighted by Gasteiger charge is 2.48. The molecule has 0 aliphatic heterocycles. The van der Waals surface area contributed by atoms with Crippen molar-refractivity contribution in [2.75, 3.05) is 0 Å². The molecule has 0 saturated heterocycles. The lowest BCUT2D eigenvalue weighted by atomic mass is 9.68. The zero-order chi connectivity index (χ0) is 86.7. The number of rotatable bonds is 29. The van der Waals surface area contributed by atoms with Gasteiger partial charge in [-0.25, -0.2) is 0 Å². The molecule has 8 nitrogen and oxygen atoms in total. The molecule has 0 radical (unpaired) electrons. The van der Waals surface area contributed by atoms with Crippen molar-refractivity contribution in [2.45, 2.75) is 120 Å². The molecule has 0 saturated carbocycles. The average molecular weight is 1650 g/mol. The van der Waals surface area contributed by atoms with Crippen molar-refractivity contribution in [1.29, 1.82) is 0 Å². The van der Waals surface area contributed by atoms with Crippen LogP contribution in [0.1, 0.15) is 145 Å². The minimum atomic E-state index is -0.552. The molecule has 0 spiro atoms. The van der Waals surface area contributed by atoms with E-state index < -0.39 is 10.8 Å². The summed E-state index contributed by atoms with van der Waals surface area (Å²) in [6.45, 7) is 31.8. The SMILES string of the molecule is C=Cc1ccc(COc2ccc(C3(c4ccc(OCc5ccc(COc6c(C)cc(Oc7c(C)cc(-c8cc(C)c(Oc9cc(C)c(OCc%10ccc(COc%11ccc(C%12(c%13ccc(OCc%14ccc(C=C)cc%14)cc%13)c%13ccccc%13-c%13ccccc%13%12)cc%11)cc%10)c(C)c9)c(C)c8C)c(C)c7C)cc6C)cc5)cc4)c4ccccc4-c4ccccc43)cc2)cc1. The maximum absolute atomic E-state index is 6.86. The van der Waals surface area contributed by atoms with E-state index in [0.717, 1.165) is 169 Å². The first kappa shape index (κ1) is 82.4. The predicted octanol–water partition coefficient (Wildman–Crippen LogP) is 29.5. The van der Waals surface area contributed by atoms with Crippen LogP contribution in [0, 0.1) is 69.2 Å². The highest BCUT2D eigenvalue weighted by atomic mass is 16.5. The minimum absolute atomic E-state index is 0.418. The van der Waals surface area contributed by atoms with E-state index in [1.807, 2.05) is 12.2 Å². The quantitative estimate of drug-likeness (QED) is 0.0459. The maximum Gasteiger partial charge on any atom is 0.133 e. The van der Waals surface area contributed by atoms with Gasteiger partial charge in [-0.05, 0) is 332 Å². The molecular weight excluding hydrogens is 1550 g/mol. The van der Waals surface area contributed by atoms with Gasteiger partial charge in [-0.1, -0.05) is 268 Å². The van der Waals surface area contributed by atoms with Crippen LogP contribution in [0.4, 0.5) is 0 Å². The van der Waals surface area contributed by atoms with Gasteiger partial charge in [0.1, 0.15) is 97.1 Å². The Hall–Kier alpha value is -14.6. The van der Waals surface area contributed by atoms with Crippen LogP contribution in [0.15, 0.2) is 341 Å². The molecule has 16 aromatic rings. The molecule has 0 amide bonds. The average Bonchev–Trinajstić information content (AvgIpc) is 1.54. The number of ether oxygens (including phenoxy) is 8. The third kappa shape index (κ3) is 16.0. The number of hydrogen-bond donors (Lipinski definition) is 0. The van der Waals surface area contributed by atoms with E-state index in [-0.39, 0.29) is 0 Å². The summed E-state index contributed by atoms with van der Waals surface area (Å²) < 4.78 is 52.5. The molecule has 0 fully saturated rings. The Kier molecular flexibility index (Phi) is 23.1. The summed E-state index contributed by atoms with van der Waals surface area (Å²) in [4.78, 5) is 0. The van der Waals surface area contributed by atoms with Crippen molar-refractivity contribution in [3.63, 3.8) is 0 Å². The first-order valence-electron chi connectivity index (χ1n) is 43.4. The minimum Gasteiger partial charge on any atom is -0.489 e. The molecule has 0 aromatic heterocycles. The summed E-state index contributed by atoms with van der Waals surface area (Å²) in [5.41, 5.74) is 35.1. The van der Waals surface area contributed by atoms with Crippen LogP contribution in [0.2, 0.25) is 0 Å². The van der Waals surface area contributed by atoms with Crippen molar-refractivity contribution < 1.29 is 37.9 Å². The van der Waals surface area contributed by atoms with Crippen LogP contribution in [-0.2, 0) is 50.5 Å². The third-order valence-electron chi connectivity index (χ3n) is 25.6. The van der Waals surface area contributed by atoms with Crippen LogP contribution in [-0.4, -0.2) is 0 Å². The van der Waals surface area contributed by atoms with Gasteiger partial charge in [-0.2, -0.15) is 0 Å². The molecule has 18 rings (SSSR count). The lowest BCUT2D eigenvalue weighted by Gasteiger charge is -2.34. The Balaban J connectivity index is 0.476. The highest BCUT2D eigenvalue weighted by Crippen LogP contribution is 2.59. The van der Waals surface area contributed by atoms with Gasteiger partial charge in [0.25, 0.3) is 0 Å². The van der Waals surface area contributed by atoms with Gasteiger partial charge in [0.05, 0.1) is 10.8 Å². The summed E-state index contributed by atoms with van der Waals surface area (Å²) in [5.74, 6) is 8.18. The van der Waals surface area contributed by atoms with E-state index in [1.165, 1.54) is 66.8 Å². The standard InChI is InChI=1S/C118H102O8/c1-13-85-31-35-87(36-32-85)69-119-97-55-47-93(48-56-97)117(109-27-19-15-23-103(109)104-24-16-20-28-110(104)117)95-51-59-99(60-52-95)121-71-89-39-43-91(44-40-89)73-123-113-75(3)63-101(64-76(113)4)125-115-79(7)67-107(81(9)83(115)11)108-68-80(8)116(84(12)82(108)10)126-102-65-77(5)114(78(6)66-102)124-74-92-45-41-90(42-46-92)72-122-100-61-53-96(54-62-100)118(111-29-21-17-25-105(111)106-26-18-22-30-112(106)118)94-49-57-98(58-50-94)120-70-88-37-33-86(14-2)34-38-88/h13-68H,1-2,69-74H2,3-12H3. The summed E-state index contributed by atoms with van der Waals surface area (Å²) >= 11 is 0. The smallest absolute Gasteiger partial charge is 0.133 e. The molecule has 126 heavy (non-hydrogen) atoms. The Morgan fingerprint density at radius 3 is 0.683 bits per heavy atom. The van der Waals surface area contributed by atoms with Gasteiger partial charge in [0.15, 0.2) is 0 Å². The van der Waals surface area contributed by atoms with E-state index in [4.69, 9.17) is 37.9 Å². The summed E-state index contributed by atoms with van der Waals surface area (Å²) in [6, 6.07) is 116. The Morgan fingerprint density at radius 2 is 0.437 bits per heavy atom. The van der Waals surface area contributed by atoms with Crippen molar-refractivity contribution >= 4 is 12.2 Å². The zero-order valence-electron chi connectivity index (χ0n) is 73.3. The molecular formula is C118H102O8. The predicted molar refractivity (Wildman–Crippen MR) is 512 cm³/mol. The van der Waals surface area contributed by atoms with Crippen molar-refractivity contribution in [2.24, 2.45) is 0 Å². The number of aryl methyl sites for hydroxylation is 6. The van der Waals surface area contributed by atoms with Crippen LogP contribution in [0.5, 0.6) is 57.5 Å². The Morgan fingerprint density at radius 1 is 0.214 bits per heavy atom. The van der Waals surface area contributed by atoms with E-state index in [1.54, 1.807) is 0 Å². The van der Waals surface area contributed by atoms with Crippen LogP contribution >= 0.6 is 0 Å². The zero-order valence-corrected chi connectivity index (χ0v) is 73.3. The Bertz CT molecular complexity index is 6190. The fraction of sp³-hybridized carbons (Fsp3) is 0.153. The topological polar surface area (TPSA) is 73.8 Å². The van der Waals surface area contributed by atoms with Crippen molar-refractivity contribution in [3.05, 3.63) is 485 Å². The monoisotopic (exact) mass is 1650 g/mol. The molecule has 0 N–H and O–H groups in total. The van der Waals surface area contributed by atoms with Gasteiger partial charge in [-0.15, -0.1) is 0 Å². The second kappa shape index (κ2) is 35.3. The number of benzene rings is 16. The molecule has 2 aliphatic rings. The lowest BCUT2D eigenvalue weighted by molar-refractivity contribution is 0.299. The van der Waals surface area contributed by atoms with Gasteiger partial charge in [0.2, 0.25) is 0 Å². The van der Waals surface area contributed by atoms with Gasteiger partial charge >= 0.3 is 0 Å². The van der Waals surface area contributed by atoms with Gasteiger partial charge in [0, 0.05) is 0 Å². The second-order valence-electron chi connectivity index (χ2n) is 33.7. The lowest BCUT2D eigenvalue weighted by Crippen LogP contribution is -2.28.